The molecule has 4 saturated carbocycles. The molecule has 5 nitrogen and oxygen atoms in total. The van der Waals surface area contributed by atoms with Crippen LogP contribution in [-0.4, -0.2) is 28.9 Å². The number of carboxylic acid groups (broad SMARTS) is 1. The van der Waals surface area contributed by atoms with E-state index in [0.29, 0.717) is 11.8 Å². The van der Waals surface area contributed by atoms with Crippen molar-refractivity contribution in [3.05, 3.63) is 0 Å². The van der Waals surface area contributed by atoms with E-state index in [1.165, 1.54) is 46.0 Å². The molecule has 130 valence electrons. The molecule has 4 bridgehead atoms. The maximum absolute atomic E-state index is 12.2. The van der Waals surface area contributed by atoms with E-state index in [2.05, 4.69) is 0 Å². The Kier molecular flexibility index (Phi) is 3.98. The zero-order valence-electron chi connectivity index (χ0n) is 14.5. The Morgan fingerprint density at radius 1 is 0.913 bits per heavy atom. The van der Waals surface area contributed by atoms with Crippen LogP contribution in [0, 0.1) is 29.1 Å². The molecule has 0 aromatic carbocycles. The lowest BCUT2D eigenvalue weighted by Crippen LogP contribution is -2.53. The largest absolute Gasteiger partial charge is 0.480 e. The van der Waals surface area contributed by atoms with E-state index >= 15 is 0 Å². The van der Waals surface area contributed by atoms with E-state index in [-0.39, 0.29) is 6.10 Å². The van der Waals surface area contributed by atoms with E-state index in [9.17, 15) is 9.59 Å². The molecular weight excluding hydrogens is 296 g/mol. The molecule has 23 heavy (non-hydrogen) atoms. The van der Waals surface area contributed by atoms with Crippen molar-refractivity contribution < 1.29 is 24.2 Å². The highest BCUT2D eigenvalue weighted by Gasteiger charge is 2.51. The first-order valence-corrected chi connectivity index (χ1v) is 8.73. The smallest absolute Gasteiger partial charge is 0.325 e. The Bertz CT molecular complexity index is 480. The molecule has 4 aliphatic rings. The molecule has 0 spiro atoms. The molecule has 0 atom stereocenters. The second-order valence-electron chi connectivity index (χ2n) is 8.73. The zero-order chi connectivity index (χ0) is 17.0. The van der Waals surface area contributed by atoms with Gasteiger partial charge in [0.25, 0.3) is 0 Å². The minimum atomic E-state index is -1.56. The summed E-state index contributed by atoms with van der Waals surface area (Å²) in [5.74, 6) is -0.188. The van der Waals surface area contributed by atoms with Gasteiger partial charge in [0.05, 0.1) is 6.10 Å². The summed E-state index contributed by atoms with van der Waals surface area (Å²) in [6, 6.07) is 0. The number of esters is 1. The molecule has 0 aromatic rings. The molecule has 0 amide bonds. The van der Waals surface area contributed by atoms with Crippen molar-refractivity contribution in [3.63, 3.8) is 0 Å². The third kappa shape index (κ3) is 3.12. The number of carboxylic acids is 1. The van der Waals surface area contributed by atoms with E-state index in [4.69, 9.17) is 14.6 Å². The average Bonchev–Trinajstić information content (AvgIpc) is 2.41. The van der Waals surface area contributed by atoms with Gasteiger partial charge in [-0.25, -0.2) is 0 Å². The van der Waals surface area contributed by atoms with Gasteiger partial charge in [-0.2, -0.15) is 0 Å². The first-order valence-electron chi connectivity index (χ1n) is 8.73. The Morgan fingerprint density at radius 3 is 1.83 bits per heavy atom. The van der Waals surface area contributed by atoms with Gasteiger partial charge in [0, 0.05) is 13.8 Å². The van der Waals surface area contributed by atoms with Gasteiger partial charge >= 0.3 is 11.9 Å². The highest BCUT2D eigenvalue weighted by molar-refractivity contribution is 5.98. The molecule has 0 heterocycles. The molecule has 0 aromatic heterocycles. The third-order valence-electron chi connectivity index (χ3n) is 5.94. The number of hydrogen-bond acceptors (Lipinski definition) is 4. The Hall–Kier alpha value is -1.10. The first-order chi connectivity index (χ1) is 10.6. The predicted molar refractivity (Wildman–Crippen MR) is 83.5 cm³/mol. The van der Waals surface area contributed by atoms with Crippen LogP contribution >= 0.6 is 0 Å². The number of ether oxygens (including phenoxy) is 2. The first kappa shape index (κ1) is 16.7. The topological polar surface area (TPSA) is 72.8 Å². The van der Waals surface area contributed by atoms with Crippen LogP contribution < -0.4 is 0 Å². The number of carbonyl (C=O) groups excluding carboxylic acids is 1. The van der Waals surface area contributed by atoms with Crippen molar-refractivity contribution in [1.82, 2.24) is 0 Å². The van der Waals surface area contributed by atoms with Crippen LogP contribution in [-0.2, 0) is 19.1 Å². The predicted octanol–water partition coefficient (Wildman–Crippen LogP) is 3.22. The van der Waals surface area contributed by atoms with Crippen LogP contribution in [0.25, 0.3) is 0 Å². The average molecular weight is 324 g/mol. The number of carbonyl (C=O) groups is 2. The Balaban J connectivity index is 1.65. The van der Waals surface area contributed by atoms with Gasteiger partial charge < -0.3 is 14.6 Å². The molecule has 0 unspecified atom stereocenters. The van der Waals surface area contributed by atoms with Crippen LogP contribution in [0.1, 0.15) is 59.8 Å². The summed E-state index contributed by atoms with van der Waals surface area (Å²) >= 11 is 0. The standard InChI is InChI=1S/C18H28O5/c1-17(2,15(19)20)16(21)23-18(3,4)22-14-12-6-10-5-11(8-12)9-13(14)7-10/h10-14H,5-9H2,1-4H3,(H,19,20). The van der Waals surface area contributed by atoms with Crippen LogP contribution in [0.3, 0.4) is 0 Å². The van der Waals surface area contributed by atoms with Gasteiger partial charge in [-0.3, -0.25) is 9.59 Å². The van der Waals surface area contributed by atoms with Crippen molar-refractivity contribution in [2.24, 2.45) is 29.1 Å². The van der Waals surface area contributed by atoms with Crippen LogP contribution in [0.2, 0.25) is 0 Å². The molecule has 0 saturated heterocycles. The quantitative estimate of drug-likeness (QED) is 0.477. The van der Waals surface area contributed by atoms with Gasteiger partial charge in [0.15, 0.2) is 5.41 Å². The minimum absolute atomic E-state index is 0.138. The number of hydrogen-bond donors (Lipinski definition) is 1. The molecule has 4 rings (SSSR count). The van der Waals surface area contributed by atoms with Crippen LogP contribution in [0.15, 0.2) is 0 Å². The fourth-order valence-corrected chi connectivity index (χ4v) is 4.86. The van der Waals surface area contributed by atoms with E-state index in [1.54, 1.807) is 13.8 Å². The maximum Gasteiger partial charge on any atom is 0.325 e. The van der Waals surface area contributed by atoms with Crippen molar-refractivity contribution >= 4 is 11.9 Å². The summed E-state index contributed by atoms with van der Waals surface area (Å²) in [5.41, 5.74) is -1.56. The van der Waals surface area contributed by atoms with Gasteiger partial charge in [-0.05, 0) is 69.6 Å². The van der Waals surface area contributed by atoms with Crippen molar-refractivity contribution in [2.45, 2.75) is 71.7 Å². The molecular formula is C18H28O5. The van der Waals surface area contributed by atoms with Crippen molar-refractivity contribution in [3.8, 4) is 0 Å². The summed E-state index contributed by atoms with van der Waals surface area (Å²) in [5, 5.41) is 9.15. The van der Waals surface area contributed by atoms with Crippen LogP contribution in [0.4, 0.5) is 0 Å². The summed E-state index contributed by atoms with van der Waals surface area (Å²) in [4.78, 5) is 23.4. The summed E-state index contributed by atoms with van der Waals surface area (Å²) < 4.78 is 11.7. The highest BCUT2D eigenvalue weighted by atomic mass is 16.7. The lowest BCUT2D eigenvalue weighted by molar-refractivity contribution is -0.270. The fourth-order valence-electron chi connectivity index (χ4n) is 4.86. The third-order valence-corrected chi connectivity index (χ3v) is 5.94. The monoisotopic (exact) mass is 324 g/mol. The van der Waals surface area contributed by atoms with E-state index in [0.717, 1.165) is 11.8 Å². The van der Waals surface area contributed by atoms with Crippen LogP contribution in [0.5, 0.6) is 0 Å². The van der Waals surface area contributed by atoms with Crippen molar-refractivity contribution in [2.75, 3.05) is 0 Å². The van der Waals surface area contributed by atoms with E-state index in [1.807, 2.05) is 0 Å². The number of aliphatic carboxylic acids is 1. The molecule has 5 heteroatoms. The number of rotatable bonds is 5. The van der Waals surface area contributed by atoms with Gasteiger partial charge in [-0.1, -0.05) is 0 Å². The summed E-state index contributed by atoms with van der Waals surface area (Å²) in [6.45, 7) is 6.15. The van der Waals surface area contributed by atoms with Gasteiger partial charge in [0.2, 0.25) is 5.79 Å². The minimum Gasteiger partial charge on any atom is -0.480 e. The SMILES string of the molecule is CC(C)(OC(=O)C(C)(C)C(=O)O)OC1C2CC3CC(C2)CC1C3. The molecule has 4 fully saturated rings. The Labute approximate surface area is 137 Å². The molecule has 0 aliphatic heterocycles. The second-order valence-corrected chi connectivity index (χ2v) is 8.73. The lowest BCUT2D eigenvalue weighted by Gasteiger charge is -2.55. The second kappa shape index (κ2) is 5.47. The normalized spacial score (nSPS) is 36.1. The van der Waals surface area contributed by atoms with Gasteiger partial charge in [-0.15, -0.1) is 0 Å². The highest BCUT2D eigenvalue weighted by Crippen LogP contribution is 2.55. The van der Waals surface area contributed by atoms with E-state index < -0.39 is 23.1 Å². The molecule has 0 radical (unpaired) electrons. The maximum atomic E-state index is 12.2. The zero-order valence-corrected chi connectivity index (χ0v) is 14.5. The Morgan fingerprint density at radius 2 is 1.39 bits per heavy atom. The fraction of sp³-hybridized carbons (Fsp3) is 0.889. The molecule has 1 N–H and O–H groups in total. The van der Waals surface area contributed by atoms with Gasteiger partial charge in [0.1, 0.15) is 0 Å². The lowest BCUT2D eigenvalue weighted by atomic mass is 9.55. The summed E-state index contributed by atoms with van der Waals surface area (Å²) in [6.07, 6.45) is 6.42. The summed E-state index contributed by atoms with van der Waals surface area (Å²) in [7, 11) is 0. The van der Waals surface area contributed by atoms with Crippen molar-refractivity contribution in [1.29, 1.82) is 0 Å². The molecule has 4 aliphatic carbocycles.